The fraction of sp³-hybridized carbons (Fsp3) is 0.480. The quantitative estimate of drug-likeness (QED) is 0.474. The van der Waals surface area contributed by atoms with E-state index in [1.807, 2.05) is 0 Å². The molecule has 1 unspecified atom stereocenters. The Morgan fingerprint density at radius 3 is 2.41 bits per heavy atom. The Morgan fingerprint density at radius 1 is 1.08 bits per heavy atom. The van der Waals surface area contributed by atoms with Crippen molar-refractivity contribution in [3.8, 4) is 5.75 Å². The summed E-state index contributed by atoms with van der Waals surface area (Å²) in [7, 11) is -7.50. The lowest BCUT2D eigenvalue weighted by Gasteiger charge is -2.38. The van der Waals surface area contributed by atoms with Gasteiger partial charge in [0.1, 0.15) is 12.4 Å². The number of alkyl halides is 3. The minimum atomic E-state index is -4.64. The second-order valence-corrected chi connectivity index (χ2v) is 13.7. The first-order valence-electron chi connectivity index (χ1n) is 12.2. The summed E-state index contributed by atoms with van der Waals surface area (Å²) in [6, 6.07) is 9.45. The number of sulfone groups is 1. The molecule has 0 saturated carbocycles. The summed E-state index contributed by atoms with van der Waals surface area (Å²) in [6.07, 6.45) is -2.27. The number of halogens is 3. The maximum Gasteiger partial charge on any atom is 0.416 e. The molecule has 0 amide bonds. The summed E-state index contributed by atoms with van der Waals surface area (Å²) in [6.45, 7) is 0.285. The highest BCUT2D eigenvalue weighted by molar-refractivity contribution is 7.90. The van der Waals surface area contributed by atoms with Crippen molar-refractivity contribution in [2.24, 2.45) is 0 Å². The molecule has 2 aromatic rings. The number of nitrogens with zero attached hydrogens (tertiary/aromatic N) is 1. The van der Waals surface area contributed by atoms with Gasteiger partial charge in [0.25, 0.3) is 0 Å². The van der Waals surface area contributed by atoms with Crippen LogP contribution in [-0.2, 0) is 35.6 Å². The molecule has 9 nitrogen and oxygen atoms in total. The Morgan fingerprint density at radius 2 is 1.74 bits per heavy atom. The number of ketones is 1. The van der Waals surface area contributed by atoms with Gasteiger partial charge in [0.05, 0.1) is 34.1 Å². The monoisotopic (exact) mass is 590 g/mol. The average Bonchev–Trinajstić information content (AvgIpc) is 3.28. The summed E-state index contributed by atoms with van der Waals surface area (Å²) in [5.74, 6) is 0.0176. The van der Waals surface area contributed by atoms with Gasteiger partial charge in [0, 0.05) is 25.4 Å². The van der Waals surface area contributed by atoms with Crippen LogP contribution < -0.4 is 10.1 Å². The van der Waals surface area contributed by atoms with Crippen molar-refractivity contribution in [2.75, 3.05) is 39.1 Å². The van der Waals surface area contributed by atoms with Crippen LogP contribution in [0.4, 0.5) is 13.2 Å². The van der Waals surface area contributed by atoms with E-state index in [-0.39, 0.29) is 48.7 Å². The molecule has 0 aromatic heterocycles. The molecule has 214 valence electrons. The number of ether oxygens (including phenoxy) is 2. The fourth-order valence-electron chi connectivity index (χ4n) is 4.71. The number of nitrogens with one attached hydrogen (secondary N) is 1. The minimum absolute atomic E-state index is 0.00588. The number of hydrogen-bond donors (Lipinski definition) is 1. The van der Waals surface area contributed by atoms with Gasteiger partial charge in [-0.05, 0) is 55.7 Å². The summed E-state index contributed by atoms with van der Waals surface area (Å²) in [5.41, 5.74) is -1.60. The predicted molar refractivity (Wildman–Crippen MR) is 135 cm³/mol. The van der Waals surface area contributed by atoms with Crippen LogP contribution in [0.1, 0.15) is 24.8 Å². The first-order chi connectivity index (χ1) is 18.2. The molecular formula is C25H29F3N2O7S2. The number of carbonyl (C=O) groups is 1. The van der Waals surface area contributed by atoms with Gasteiger partial charge in [-0.1, -0.05) is 12.1 Å². The standard InChI is InChI=1S/C25H29F3N2O7S2/c1-38(32,33)22-6-3-5-21(13-22)36-17-20(31)15-29-19-14-24(37-16-19)8-10-30(11-9-24)39(34,35)23-7-2-4-18(12-23)25(26,27)28/h2-7,12-13,19,29H,8-11,14-17H2,1H3. The molecule has 2 heterocycles. The van der Waals surface area contributed by atoms with Gasteiger partial charge in [-0.2, -0.15) is 17.5 Å². The van der Waals surface area contributed by atoms with Crippen molar-refractivity contribution in [3.63, 3.8) is 0 Å². The van der Waals surface area contributed by atoms with Crippen molar-refractivity contribution in [3.05, 3.63) is 54.1 Å². The summed E-state index contributed by atoms with van der Waals surface area (Å²) in [5, 5.41) is 3.12. The van der Waals surface area contributed by atoms with E-state index < -0.39 is 42.1 Å². The van der Waals surface area contributed by atoms with Crippen molar-refractivity contribution in [1.82, 2.24) is 9.62 Å². The molecule has 0 bridgehead atoms. The topological polar surface area (TPSA) is 119 Å². The number of hydrogen-bond acceptors (Lipinski definition) is 8. The van der Waals surface area contributed by atoms with Gasteiger partial charge in [-0.3, -0.25) is 4.79 Å². The average molecular weight is 591 g/mol. The fourth-order valence-corrected chi connectivity index (χ4v) is 6.85. The number of piperidine rings is 1. The maximum absolute atomic E-state index is 13.0. The molecule has 2 fully saturated rings. The third-order valence-electron chi connectivity index (χ3n) is 6.86. The molecule has 2 aliphatic rings. The Bertz CT molecular complexity index is 1420. The molecule has 2 aliphatic heterocycles. The zero-order chi connectivity index (χ0) is 28.5. The second-order valence-electron chi connectivity index (χ2n) is 9.78. The van der Waals surface area contributed by atoms with Crippen LogP contribution in [-0.4, -0.2) is 77.7 Å². The SMILES string of the molecule is CS(=O)(=O)c1cccc(OCC(=O)CNC2COC3(CCN(S(=O)(=O)c4cccc(C(F)(F)F)c4)CC3)C2)c1. The van der Waals surface area contributed by atoms with E-state index in [0.29, 0.717) is 31.9 Å². The molecule has 2 saturated heterocycles. The minimum Gasteiger partial charge on any atom is -0.486 e. The predicted octanol–water partition coefficient (Wildman–Crippen LogP) is 2.66. The van der Waals surface area contributed by atoms with Crippen LogP contribution in [0.25, 0.3) is 0 Å². The summed E-state index contributed by atoms with van der Waals surface area (Å²) >= 11 is 0. The molecule has 14 heteroatoms. The third kappa shape index (κ3) is 7.17. The van der Waals surface area contributed by atoms with Crippen LogP contribution in [0.3, 0.4) is 0 Å². The highest BCUT2D eigenvalue weighted by Crippen LogP contribution is 2.38. The van der Waals surface area contributed by atoms with E-state index in [1.54, 1.807) is 6.07 Å². The van der Waals surface area contributed by atoms with E-state index in [4.69, 9.17) is 9.47 Å². The van der Waals surface area contributed by atoms with E-state index in [9.17, 15) is 34.8 Å². The third-order valence-corrected chi connectivity index (χ3v) is 9.87. The first-order valence-corrected chi connectivity index (χ1v) is 15.5. The van der Waals surface area contributed by atoms with Crippen LogP contribution in [0, 0.1) is 0 Å². The van der Waals surface area contributed by atoms with Gasteiger partial charge >= 0.3 is 6.18 Å². The van der Waals surface area contributed by atoms with E-state index in [0.717, 1.165) is 24.5 Å². The first kappa shape index (κ1) is 29.5. The van der Waals surface area contributed by atoms with Crippen LogP contribution in [0.5, 0.6) is 5.75 Å². The molecule has 0 radical (unpaired) electrons. The zero-order valence-corrected chi connectivity index (χ0v) is 22.7. The van der Waals surface area contributed by atoms with Crippen molar-refractivity contribution >= 4 is 25.6 Å². The maximum atomic E-state index is 13.0. The van der Waals surface area contributed by atoms with Crippen molar-refractivity contribution in [2.45, 2.75) is 46.9 Å². The lowest BCUT2D eigenvalue weighted by Crippen LogP contribution is -2.47. The van der Waals surface area contributed by atoms with Gasteiger partial charge in [0.2, 0.25) is 10.0 Å². The van der Waals surface area contributed by atoms with Crippen molar-refractivity contribution in [1.29, 1.82) is 0 Å². The van der Waals surface area contributed by atoms with Gasteiger partial charge < -0.3 is 14.8 Å². The Labute approximate surface area is 225 Å². The van der Waals surface area contributed by atoms with Crippen LogP contribution in [0.15, 0.2) is 58.3 Å². The smallest absolute Gasteiger partial charge is 0.416 e. The Hall–Kier alpha value is -2.52. The largest absolute Gasteiger partial charge is 0.486 e. The highest BCUT2D eigenvalue weighted by atomic mass is 32.2. The van der Waals surface area contributed by atoms with Crippen molar-refractivity contribution < 1.29 is 44.3 Å². The molecule has 1 spiro atoms. The summed E-state index contributed by atoms with van der Waals surface area (Å²) in [4.78, 5) is 12.0. The van der Waals surface area contributed by atoms with E-state index in [2.05, 4.69) is 5.32 Å². The van der Waals surface area contributed by atoms with Gasteiger partial charge in [0.15, 0.2) is 15.6 Å². The number of Topliss-reactive ketones (excluding diaryl/α,β-unsaturated/α-hetero) is 1. The van der Waals surface area contributed by atoms with E-state index >= 15 is 0 Å². The normalized spacial score (nSPS) is 20.3. The number of rotatable bonds is 9. The lowest BCUT2D eigenvalue weighted by atomic mass is 9.88. The molecular weight excluding hydrogens is 561 g/mol. The molecule has 39 heavy (non-hydrogen) atoms. The van der Waals surface area contributed by atoms with Gasteiger partial charge in [-0.15, -0.1) is 0 Å². The van der Waals surface area contributed by atoms with Crippen LogP contribution in [0.2, 0.25) is 0 Å². The highest BCUT2D eigenvalue weighted by Gasteiger charge is 2.45. The Kier molecular flexibility index (Phi) is 8.43. The van der Waals surface area contributed by atoms with Crippen LogP contribution >= 0.6 is 0 Å². The Balaban J connectivity index is 1.25. The molecule has 1 atom stereocenters. The zero-order valence-electron chi connectivity index (χ0n) is 21.1. The molecule has 1 N–H and O–H groups in total. The molecule has 4 rings (SSSR count). The second kappa shape index (κ2) is 11.2. The summed E-state index contributed by atoms with van der Waals surface area (Å²) < 4.78 is 101. The number of benzene rings is 2. The molecule has 0 aliphatic carbocycles. The van der Waals surface area contributed by atoms with E-state index in [1.165, 1.54) is 22.5 Å². The lowest BCUT2D eigenvalue weighted by molar-refractivity contribution is -0.137. The number of sulfonamides is 1. The number of carbonyl (C=O) groups excluding carboxylic acids is 1. The van der Waals surface area contributed by atoms with Gasteiger partial charge in [-0.25, -0.2) is 16.8 Å². The molecule has 2 aromatic carbocycles.